The van der Waals surface area contributed by atoms with E-state index in [-0.39, 0.29) is 0 Å². The van der Waals surface area contributed by atoms with Gasteiger partial charge in [0.2, 0.25) is 0 Å². The number of allylic oxidation sites excluding steroid dienone is 1. The standard InChI is InChI=1S/C10H13NO/c1-4-9-7-11-12-10(9)6-5-8(2)3/h4-8H,1H2,2-3H3/b6-5-. The monoisotopic (exact) mass is 163 g/mol. The van der Waals surface area contributed by atoms with E-state index >= 15 is 0 Å². The molecule has 12 heavy (non-hydrogen) atoms. The molecule has 2 nitrogen and oxygen atoms in total. The molecule has 0 aromatic carbocycles. The van der Waals surface area contributed by atoms with Gasteiger partial charge in [0.15, 0.2) is 5.76 Å². The highest BCUT2D eigenvalue weighted by molar-refractivity contribution is 5.59. The first-order chi connectivity index (χ1) is 5.74. The van der Waals surface area contributed by atoms with Crippen LogP contribution in [0, 0.1) is 5.92 Å². The van der Waals surface area contributed by atoms with E-state index in [2.05, 4.69) is 31.7 Å². The third kappa shape index (κ3) is 2.09. The van der Waals surface area contributed by atoms with Crippen molar-refractivity contribution < 1.29 is 4.52 Å². The van der Waals surface area contributed by atoms with Crippen molar-refractivity contribution in [3.63, 3.8) is 0 Å². The molecule has 1 aromatic heterocycles. The number of aromatic nitrogens is 1. The Morgan fingerprint density at radius 2 is 2.33 bits per heavy atom. The lowest BCUT2D eigenvalue weighted by Crippen LogP contribution is -1.77. The van der Waals surface area contributed by atoms with Gasteiger partial charge in [-0.15, -0.1) is 0 Å². The molecule has 1 heterocycles. The Balaban J connectivity index is 2.81. The van der Waals surface area contributed by atoms with Crippen LogP contribution in [0.2, 0.25) is 0 Å². The molecule has 2 heteroatoms. The van der Waals surface area contributed by atoms with Crippen molar-refractivity contribution in [2.75, 3.05) is 0 Å². The van der Waals surface area contributed by atoms with Gasteiger partial charge in [-0.05, 0) is 12.0 Å². The average Bonchev–Trinajstić information content (AvgIpc) is 2.47. The summed E-state index contributed by atoms with van der Waals surface area (Å²) in [6.07, 6.45) is 7.38. The molecule has 0 N–H and O–H groups in total. The summed E-state index contributed by atoms with van der Waals surface area (Å²) in [7, 11) is 0. The Bertz CT molecular complexity index is 284. The van der Waals surface area contributed by atoms with Gasteiger partial charge in [-0.1, -0.05) is 37.7 Å². The predicted molar refractivity (Wildman–Crippen MR) is 50.5 cm³/mol. The fraction of sp³-hybridized carbons (Fsp3) is 0.300. The lowest BCUT2D eigenvalue weighted by atomic mass is 10.1. The van der Waals surface area contributed by atoms with Gasteiger partial charge < -0.3 is 4.52 Å². The summed E-state index contributed by atoms with van der Waals surface area (Å²) in [5.74, 6) is 1.30. The summed E-state index contributed by atoms with van der Waals surface area (Å²) >= 11 is 0. The van der Waals surface area contributed by atoms with E-state index < -0.39 is 0 Å². The molecule has 0 aliphatic heterocycles. The minimum Gasteiger partial charge on any atom is -0.356 e. The largest absolute Gasteiger partial charge is 0.356 e. The molecule has 0 saturated heterocycles. The molecule has 0 atom stereocenters. The second kappa shape index (κ2) is 3.90. The van der Waals surface area contributed by atoms with Gasteiger partial charge in [0.05, 0.1) is 6.20 Å². The van der Waals surface area contributed by atoms with Crippen LogP contribution >= 0.6 is 0 Å². The Hall–Kier alpha value is -1.31. The van der Waals surface area contributed by atoms with Crippen LogP contribution in [0.1, 0.15) is 25.2 Å². The zero-order valence-electron chi connectivity index (χ0n) is 7.45. The maximum atomic E-state index is 5.00. The molecule has 0 aliphatic carbocycles. The van der Waals surface area contributed by atoms with Crippen LogP contribution in [0.15, 0.2) is 23.4 Å². The van der Waals surface area contributed by atoms with Crippen LogP contribution in [0.3, 0.4) is 0 Å². The Kier molecular flexibility index (Phi) is 2.86. The summed E-state index contributed by atoms with van der Waals surface area (Å²) in [6, 6.07) is 0. The maximum Gasteiger partial charge on any atom is 0.166 e. The summed E-state index contributed by atoms with van der Waals surface area (Å²) in [5, 5.41) is 3.67. The number of hydrogen-bond acceptors (Lipinski definition) is 2. The van der Waals surface area contributed by atoms with E-state index in [1.54, 1.807) is 12.3 Å². The van der Waals surface area contributed by atoms with Crippen LogP contribution in [0.4, 0.5) is 0 Å². The van der Waals surface area contributed by atoms with Gasteiger partial charge in [0, 0.05) is 5.56 Å². The third-order valence-electron chi connectivity index (χ3n) is 1.48. The minimum atomic E-state index is 0.521. The van der Waals surface area contributed by atoms with Gasteiger partial charge in [0.25, 0.3) is 0 Å². The molecule has 0 spiro atoms. The molecule has 1 rings (SSSR count). The first kappa shape index (κ1) is 8.78. The second-order valence-electron chi connectivity index (χ2n) is 2.95. The highest BCUT2D eigenvalue weighted by Gasteiger charge is 1.99. The van der Waals surface area contributed by atoms with Crippen LogP contribution < -0.4 is 0 Å². The zero-order chi connectivity index (χ0) is 8.97. The average molecular weight is 163 g/mol. The van der Waals surface area contributed by atoms with Crippen molar-refractivity contribution in [1.82, 2.24) is 5.16 Å². The van der Waals surface area contributed by atoms with Crippen LogP contribution in [-0.4, -0.2) is 5.16 Å². The molecular formula is C10H13NO. The fourth-order valence-corrected chi connectivity index (χ4v) is 0.816. The lowest BCUT2D eigenvalue weighted by molar-refractivity contribution is 0.412. The topological polar surface area (TPSA) is 26.0 Å². The van der Waals surface area contributed by atoms with Crippen molar-refractivity contribution in [2.45, 2.75) is 13.8 Å². The van der Waals surface area contributed by atoms with Crippen molar-refractivity contribution in [1.29, 1.82) is 0 Å². The second-order valence-corrected chi connectivity index (χ2v) is 2.95. The molecule has 0 bridgehead atoms. The molecule has 0 radical (unpaired) electrons. The molecule has 0 amide bonds. The zero-order valence-corrected chi connectivity index (χ0v) is 7.45. The van der Waals surface area contributed by atoms with E-state index in [0.717, 1.165) is 11.3 Å². The van der Waals surface area contributed by atoms with Crippen LogP contribution in [0.25, 0.3) is 12.2 Å². The number of hydrogen-bond donors (Lipinski definition) is 0. The van der Waals surface area contributed by atoms with E-state index in [4.69, 9.17) is 4.52 Å². The van der Waals surface area contributed by atoms with Gasteiger partial charge in [-0.25, -0.2) is 0 Å². The summed E-state index contributed by atoms with van der Waals surface area (Å²) in [4.78, 5) is 0. The van der Waals surface area contributed by atoms with Crippen LogP contribution in [0.5, 0.6) is 0 Å². The van der Waals surface area contributed by atoms with E-state index in [1.165, 1.54) is 0 Å². The molecule has 0 fully saturated rings. The molecule has 0 unspecified atom stereocenters. The molecule has 64 valence electrons. The van der Waals surface area contributed by atoms with E-state index in [0.29, 0.717) is 5.92 Å². The summed E-state index contributed by atoms with van der Waals surface area (Å²) < 4.78 is 5.00. The summed E-state index contributed by atoms with van der Waals surface area (Å²) in [6.45, 7) is 7.88. The fourth-order valence-electron chi connectivity index (χ4n) is 0.816. The van der Waals surface area contributed by atoms with Crippen molar-refractivity contribution in [3.8, 4) is 0 Å². The molecular weight excluding hydrogens is 150 g/mol. The quantitative estimate of drug-likeness (QED) is 0.684. The SMILES string of the molecule is C=Cc1cnoc1/C=C\C(C)C. The van der Waals surface area contributed by atoms with E-state index in [1.807, 2.05) is 6.08 Å². The highest BCUT2D eigenvalue weighted by Crippen LogP contribution is 2.12. The number of nitrogens with zero attached hydrogens (tertiary/aromatic N) is 1. The Labute approximate surface area is 72.6 Å². The van der Waals surface area contributed by atoms with Gasteiger partial charge in [-0.3, -0.25) is 0 Å². The van der Waals surface area contributed by atoms with E-state index in [9.17, 15) is 0 Å². The molecule has 0 saturated carbocycles. The lowest BCUT2D eigenvalue weighted by Gasteiger charge is -1.91. The Morgan fingerprint density at radius 1 is 1.58 bits per heavy atom. The summed E-state index contributed by atoms with van der Waals surface area (Å²) in [5.41, 5.74) is 0.937. The Morgan fingerprint density at radius 3 is 2.92 bits per heavy atom. The van der Waals surface area contributed by atoms with Gasteiger partial charge >= 0.3 is 0 Å². The maximum absolute atomic E-state index is 5.00. The molecule has 0 aliphatic rings. The normalized spacial score (nSPS) is 11.2. The van der Waals surface area contributed by atoms with Crippen molar-refractivity contribution in [2.24, 2.45) is 5.92 Å². The first-order valence-corrected chi connectivity index (χ1v) is 3.99. The highest BCUT2D eigenvalue weighted by atomic mass is 16.5. The minimum absolute atomic E-state index is 0.521. The van der Waals surface area contributed by atoms with Crippen LogP contribution in [-0.2, 0) is 0 Å². The van der Waals surface area contributed by atoms with Crippen molar-refractivity contribution in [3.05, 3.63) is 30.2 Å². The predicted octanol–water partition coefficient (Wildman–Crippen LogP) is 2.99. The van der Waals surface area contributed by atoms with Gasteiger partial charge in [0.1, 0.15) is 0 Å². The number of rotatable bonds is 3. The molecule has 1 aromatic rings. The van der Waals surface area contributed by atoms with Gasteiger partial charge in [-0.2, -0.15) is 0 Å². The van der Waals surface area contributed by atoms with Crippen molar-refractivity contribution >= 4 is 12.2 Å². The smallest absolute Gasteiger partial charge is 0.166 e. The third-order valence-corrected chi connectivity index (χ3v) is 1.48. The first-order valence-electron chi connectivity index (χ1n) is 3.99.